The number of halogens is 1. The van der Waals surface area contributed by atoms with Crippen LogP contribution in [0.3, 0.4) is 0 Å². The summed E-state index contributed by atoms with van der Waals surface area (Å²) < 4.78 is 1.01. The van der Waals surface area contributed by atoms with E-state index < -0.39 is 0 Å². The fraction of sp³-hybridized carbons (Fsp3) is 0.167. The Kier molecular flexibility index (Phi) is 4.41. The van der Waals surface area contributed by atoms with Crippen LogP contribution >= 0.6 is 15.9 Å². The Hall–Kier alpha value is -1.91. The second-order valence-electron chi connectivity index (χ2n) is 5.33. The Bertz CT molecular complexity index is 695. The Morgan fingerprint density at radius 3 is 2.45 bits per heavy atom. The largest absolute Gasteiger partial charge is 0.324 e. The van der Waals surface area contributed by atoms with Gasteiger partial charge in [0.05, 0.1) is 0 Å². The van der Waals surface area contributed by atoms with Crippen molar-refractivity contribution in [2.45, 2.75) is 12.5 Å². The smallest absolute Gasteiger partial charge is 0.258 e. The van der Waals surface area contributed by atoms with Crippen LogP contribution in [0.5, 0.6) is 0 Å². The molecule has 3 nitrogen and oxygen atoms in total. The zero-order valence-electron chi connectivity index (χ0n) is 12.1. The maximum Gasteiger partial charge on any atom is 0.258 e. The summed E-state index contributed by atoms with van der Waals surface area (Å²) in [5.41, 5.74) is 8.66. The summed E-state index contributed by atoms with van der Waals surface area (Å²) in [5.74, 6) is 0.0154. The van der Waals surface area contributed by atoms with E-state index >= 15 is 0 Å². The van der Waals surface area contributed by atoms with Crippen LogP contribution in [0.4, 0.5) is 0 Å². The van der Waals surface area contributed by atoms with E-state index in [1.807, 2.05) is 65.6 Å². The molecule has 0 aromatic heterocycles. The first-order chi connectivity index (χ1) is 10.6. The van der Waals surface area contributed by atoms with Gasteiger partial charge in [0.25, 0.3) is 5.91 Å². The number of carbonyl (C=O) groups is 1. The van der Waals surface area contributed by atoms with Crippen molar-refractivity contribution in [3.05, 3.63) is 76.3 Å². The maximum atomic E-state index is 12.8. The van der Waals surface area contributed by atoms with Crippen LogP contribution in [0.2, 0.25) is 0 Å². The van der Waals surface area contributed by atoms with Crippen LogP contribution in [0.25, 0.3) is 5.70 Å². The molecule has 0 fully saturated rings. The highest BCUT2D eigenvalue weighted by Crippen LogP contribution is 2.27. The van der Waals surface area contributed by atoms with E-state index in [-0.39, 0.29) is 11.9 Å². The van der Waals surface area contributed by atoms with Crippen LogP contribution in [-0.2, 0) is 0 Å². The van der Waals surface area contributed by atoms with Crippen LogP contribution in [0, 0.1) is 0 Å². The first kappa shape index (κ1) is 15.0. The highest BCUT2D eigenvalue weighted by molar-refractivity contribution is 9.10. The number of benzene rings is 2. The van der Waals surface area contributed by atoms with Crippen LogP contribution < -0.4 is 5.73 Å². The standard InChI is InChI=1S/C18H17BrN2O/c19-15-8-6-13(7-9-15)17-12-16(20)10-11-21(17)18(22)14-4-2-1-3-5-14/h1-9,12,16H,10-11,20H2/t16-/m0/s1. The number of hydrogen-bond acceptors (Lipinski definition) is 2. The van der Waals surface area contributed by atoms with E-state index in [0.29, 0.717) is 12.1 Å². The van der Waals surface area contributed by atoms with Gasteiger partial charge in [0.2, 0.25) is 0 Å². The fourth-order valence-electron chi connectivity index (χ4n) is 2.59. The molecule has 2 N–H and O–H groups in total. The molecule has 1 aliphatic rings. The van der Waals surface area contributed by atoms with Crippen molar-refractivity contribution in [1.29, 1.82) is 0 Å². The maximum absolute atomic E-state index is 12.8. The van der Waals surface area contributed by atoms with Gasteiger partial charge in [-0.3, -0.25) is 4.79 Å². The minimum atomic E-state index is -0.0153. The number of rotatable bonds is 2. The topological polar surface area (TPSA) is 46.3 Å². The minimum Gasteiger partial charge on any atom is -0.324 e. The molecule has 0 saturated heterocycles. The normalized spacial score (nSPS) is 18.0. The van der Waals surface area contributed by atoms with Crippen molar-refractivity contribution >= 4 is 27.5 Å². The molecular formula is C18H17BrN2O. The van der Waals surface area contributed by atoms with E-state index in [9.17, 15) is 4.79 Å². The SMILES string of the molecule is N[C@@H]1C=C(c2ccc(Br)cc2)N(C(=O)c2ccccc2)CC1. The van der Waals surface area contributed by atoms with Crippen molar-refractivity contribution in [2.75, 3.05) is 6.54 Å². The lowest BCUT2D eigenvalue weighted by Crippen LogP contribution is -2.38. The van der Waals surface area contributed by atoms with Gasteiger partial charge in [0.15, 0.2) is 0 Å². The predicted octanol–water partition coefficient (Wildman–Crippen LogP) is 3.66. The molecule has 2 aromatic carbocycles. The summed E-state index contributed by atoms with van der Waals surface area (Å²) in [6.45, 7) is 0.636. The van der Waals surface area contributed by atoms with Gasteiger partial charge in [0, 0.05) is 28.3 Å². The molecule has 0 spiro atoms. The highest BCUT2D eigenvalue weighted by atomic mass is 79.9. The second-order valence-corrected chi connectivity index (χ2v) is 6.25. The molecule has 0 bridgehead atoms. The van der Waals surface area contributed by atoms with Crippen molar-refractivity contribution in [1.82, 2.24) is 4.90 Å². The van der Waals surface area contributed by atoms with Gasteiger partial charge in [-0.1, -0.05) is 46.3 Å². The summed E-state index contributed by atoms with van der Waals surface area (Å²) in [4.78, 5) is 14.6. The van der Waals surface area contributed by atoms with Gasteiger partial charge in [-0.05, 0) is 42.3 Å². The van der Waals surface area contributed by atoms with Crippen LogP contribution in [0.1, 0.15) is 22.3 Å². The first-order valence-corrected chi connectivity index (χ1v) is 8.05. The van der Waals surface area contributed by atoms with Crippen molar-refractivity contribution in [3.63, 3.8) is 0 Å². The number of hydrogen-bond donors (Lipinski definition) is 1. The zero-order chi connectivity index (χ0) is 15.5. The fourth-order valence-corrected chi connectivity index (χ4v) is 2.86. The average Bonchev–Trinajstić information content (AvgIpc) is 2.56. The lowest BCUT2D eigenvalue weighted by molar-refractivity contribution is 0.0828. The molecule has 0 radical (unpaired) electrons. The quantitative estimate of drug-likeness (QED) is 0.892. The summed E-state index contributed by atoms with van der Waals surface area (Å²) in [6.07, 6.45) is 2.76. The van der Waals surface area contributed by atoms with Gasteiger partial charge >= 0.3 is 0 Å². The van der Waals surface area contributed by atoms with Gasteiger partial charge in [0.1, 0.15) is 0 Å². The predicted molar refractivity (Wildman–Crippen MR) is 92.2 cm³/mol. The number of carbonyl (C=O) groups excluding carboxylic acids is 1. The molecule has 1 atom stereocenters. The molecule has 4 heteroatoms. The third kappa shape index (κ3) is 3.13. The Morgan fingerprint density at radius 1 is 1.09 bits per heavy atom. The Morgan fingerprint density at radius 2 is 1.77 bits per heavy atom. The van der Waals surface area contributed by atoms with E-state index in [0.717, 1.165) is 22.2 Å². The molecule has 22 heavy (non-hydrogen) atoms. The molecule has 1 amide bonds. The minimum absolute atomic E-state index is 0.0153. The van der Waals surface area contributed by atoms with E-state index in [4.69, 9.17) is 5.73 Å². The summed E-state index contributed by atoms with van der Waals surface area (Å²) in [5, 5.41) is 0. The summed E-state index contributed by atoms with van der Waals surface area (Å²) >= 11 is 3.44. The monoisotopic (exact) mass is 356 g/mol. The number of amides is 1. The van der Waals surface area contributed by atoms with Crippen LogP contribution in [-0.4, -0.2) is 23.4 Å². The number of nitrogens with two attached hydrogens (primary N) is 1. The Balaban J connectivity index is 1.97. The molecule has 1 heterocycles. The van der Waals surface area contributed by atoms with Gasteiger partial charge in [-0.15, -0.1) is 0 Å². The number of nitrogens with zero attached hydrogens (tertiary/aromatic N) is 1. The van der Waals surface area contributed by atoms with Crippen LogP contribution in [0.15, 0.2) is 65.1 Å². The third-order valence-electron chi connectivity index (χ3n) is 3.75. The van der Waals surface area contributed by atoms with Gasteiger partial charge in [-0.25, -0.2) is 0 Å². The molecule has 112 valence electrons. The highest BCUT2D eigenvalue weighted by Gasteiger charge is 2.25. The summed E-state index contributed by atoms with van der Waals surface area (Å²) in [6, 6.07) is 17.3. The molecule has 0 unspecified atom stereocenters. The van der Waals surface area contributed by atoms with Gasteiger partial charge in [-0.2, -0.15) is 0 Å². The lowest BCUT2D eigenvalue weighted by atomic mass is 10.0. The van der Waals surface area contributed by atoms with Gasteiger partial charge < -0.3 is 10.6 Å². The lowest BCUT2D eigenvalue weighted by Gasteiger charge is -2.31. The third-order valence-corrected chi connectivity index (χ3v) is 4.28. The molecule has 2 aromatic rings. The second kappa shape index (κ2) is 6.46. The van der Waals surface area contributed by atoms with Crippen molar-refractivity contribution in [2.24, 2.45) is 5.73 Å². The Labute approximate surface area is 138 Å². The summed E-state index contributed by atoms with van der Waals surface area (Å²) in [7, 11) is 0. The van der Waals surface area contributed by atoms with Crippen molar-refractivity contribution in [3.8, 4) is 0 Å². The molecular weight excluding hydrogens is 340 g/mol. The van der Waals surface area contributed by atoms with Crippen molar-refractivity contribution < 1.29 is 4.79 Å². The molecule has 0 saturated carbocycles. The average molecular weight is 357 g/mol. The van der Waals surface area contributed by atoms with E-state index in [1.165, 1.54) is 0 Å². The van der Waals surface area contributed by atoms with E-state index in [1.54, 1.807) is 0 Å². The van der Waals surface area contributed by atoms with E-state index in [2.05, 4.69) is 15.9 Å². The molecule has 0 aliphatic carbocycles. The molecule has 1 aliphatic heterocycles. The zero-order valence-corrected chi connectivity index (χ0v) is 13.7. The first-order valence-electron chi connectivity index (χ1n) is 7.25. The molecule has 3 rings (SSSR count).